The summed E-state index contributed by atoms with van der Waals surface area (Å²) >= 11 is 0. The Balaban J connectivity index is 1.62. The Hall–Kier alpha value is -4.00. The van der Waals surface area contributed by atoms with Crippen molar-refractivity contribution >= 4 is 28.3 Å². The van der Waals surface area contributed by atoms with E-state index in [4.69, 9.17) is 0 Å². The van der Waals surface area contributed by atoms with Crippen LogP contribution in [0.5, 0.6) is 0 Å². The molecule has 30 heavy (non-hydrogen) atoms. The van der Waals surface area contributed by atoms with Crippen molar-refractivity contribution < 1.29 is 22.8 Å². The van der Waals surface area contributed by atoms with Crippen LogP contribution in [-0.2, 0) is 0 Å². The SMILES string of the molecule is O=C(Nc1cc(F)cc(C(=O)c2ccc3ncccc3c2)c1)c1ccc(F)c(F)c1. The van der Waals surface area contributed by atoms with E-state index in [1.165, 1.54) is 6.07 Å². The van der Waals surface area contributed by atoms with E-state index in [9.17, 15) is 22.8 Å². The van der Waals surface area contributed by atoms with Gasteiger partial charge in [0.2, 0.25) is 0 Å². The molecular weight excluding hydrogens is 393 g/mol. The number of benzene rings is 3. The number of carbonyl (C=O) groups excluding carboxylic acids is 2. The third-order valence-electron chi connectivity index (χ3n) is 4.46. The van der Waals surface area contributed by atoms with Gasteiger partial charge >= 0.3 is 0 Å². The molecular formula is C23H13F3N2O2. The molecule has 4 aromatic rings. The summed E-state index contributed by atoms with van der Waals surface area (Å²) in [5, 5.41) is 3.15. The first-order valence-electron chi connectivity index (χ1n) is 8.87. The number of ketones is 1. The van der Waals surface area contributed by atoms with Crippen molar-refractivity contribution in [1.29, 1.82) is 0 Å². The maximum absolute atomic E-state index is 14.1. The van der Waals surface area contributed by atoms with E-state index < -0.39 is 29.1 Å². The van der Waals surface area contributed by atoms with Gasteiger partial charge in [-0.3, -0.25) is 14.6 Å². The van der Waals surface area contributed by atoms with Crippen molar-refractivity contribution in [2.24, 2.45) is 0 Å². The fraction of sp³-hybridized carbons (Fsp3) is 0. The average molecular weight is 406 g/mol. The molecule has 1 aromatic heterocycles. The summed E-state index contributed by atoms with van der Waals surface area (Å²) in [6.45, 7) is 0. The highest BCUT2D eigenvalue weighted by molar-refractivity contribution is 6.11. The van der Waals surface area contributed by atoms with Crippen LogP contribution >= 0.6 is 0 Å². The van der Waals surface area contributed by atoms with Gasteiger partial charge in [-0.25, -0.2) is 13.2 Å². The molecule has 0 saturated heterocycles. The zero-order valence-electron chi connectivity index (χ0n) is 15.3. The fourth-order valence-electron chi connectivity index (χ4n) is 3.02. The lowest BCUT2D eigenvalue weighted by Crippen LogP contribution is -2.13. The topological polar surface area (TPSA) is 59.1 Å². The molecule has 3 aromatic carbocycles. The molecule has 0 bridgehead atoms. The van der Waals surface area contributed by atoms with Crippen molar-refractivity contribution in [2.75, 3.05) is 5.32 Å². The summed E-state index contributed by atoms with van der Waals surface area (Å²) in [6, 6.07) is 14.5. The van der Waals surface area contributed by atoms with Crippen molar-refractivity contribution in [3.63, 3.8) is 0 Å². The number of fused-ring (bicyclic) bond motifs is 1. The lowest BCUT2D eigenvalue weighted by molar-refractivity contribution is 0.102. The Kier molecular flexibility index (Phi) is 5.02. The van der Waals surface area contributed by atoms with Crippen LogP contribution in [-0.4, -0.2) is 16.7 Å². The molecule has 0 unspecified atom stereocenters. The van der Waals surface area contributed by atoms with Gasteiger partial charge in [0.05, 0.1) is 5.52 Å². The Morgan fingerprint density at radius 1 is 0.767 bits per heavy atom. The number of anilines is 1. The maximum atomic E-state index is 14.1. The normalized spacial score (nSPS) is 10.8. The molecule has 0 atom stereocenters. The first-order valence-corrected chi connectivity index (χ1v) is 8.87. The lowest BCUT2D eigenvalue weighted by atomic mass is 10.0. The Morgan fingerprint density at radius 3 is 2.37 bits per heavy atom. The van der Waals surface area contributed by atoms with Crippen LogP contribution < -0.4 is 5.32 Å². The molecule has 0 aliphatic carbocycles. The summed E-state index contributed by atoms with van der Waals surface area (Å²) in [5.74, 6) is -4.21. The monoisotopic (exact) mass is 406 g/mol. The molecule has 0 aliphatic rings. The molecule has 4 rings (SSSR count). The van der Waals surface area contributed by atoms with Crippen LogP contribution in [0.2, 0.25) is 0 Å². The third kappa shape index (κ3) is 3.91. The minimum atomic E-state index is -1.18. The highest BCUT2D eigenvalue weighted by Gasteiger charge is 2.15. The minimum absolute atomic E-state index is 0.00976. The van der Waals surface area contributed by atoms with Gasteiger partial charge in [-0.05, 0) is 60.7 Å². The molecule has 148 valence electrons. The zero-order valence-corrected chi connectivity index (χ0v) is 15.3. The summed E-state index contributed by atoms with van der Waals surface area (Å²) in [7, 11) is 0. The summed E-state index contributed by atoms with van der Waals surface area (Å²) in [5.41, 5.74) is 0.939. The van der Waals surface area contributed by atoms with Gasteiger partial charge in [0.1, 0.15) is 5.82 Å². The summed E-state index contributed by atoms with van der Waals surface area (Å²) < 4.78 is 40.5. The maximum Gasteiger partial charge on any atom is 0.255 e. The molecule has 0 aliphatic heterocycles. The summed E-state index contributed by atoms with van der Waals surface area (Å²) in [4.78, 5) is 29.3. The van der Waals surface area contributed by atoms with Gasteiger partial charge < -0.3 is 5.32 Å². The predicted octanol–water partition coefficient (Wildman–Crippen LogP) is 5.14. The van der Waals surface area contributed by atoms with Crippen LogP contribution in [0.4, 0.5) is 18.9 Å². The number of nitrogens with one attached hydrogen (secondary N) is 1. The molecule has 4 nitrogen and oxygen atoms in total. The standard InChI is InChI=1S/C23H13F3N2O2/c24-17-9-16(22(29)14-4-6-21-13(8-14)2-1-7-27-21)10-18(12-17)28-23(30)15-3-5-19(25)20(26)11-15/h1-12H,(H,28,30). The van der Waals surface area contributed by atoms with E-state index in [-0.39, 0.29) is 16.8 Å². The van der Waals surface area contributed by atoms with Crippen molar-refractivity contribution in [2.45, 2.75) is 0 Å². The molecule has 0 spiro atoms. The highest BCUT2D eigenvalue weighted by Crippen LogP contribution is 2.21. The lowest BCUT2D eigenvalue weighted by Gasteiger charge is -2.09. The van der Waals surface area contributed by atoms with Gasteiger partial charge in [0, 0.05) is 34.0 Å². The van der Waals surface area contributed by atoms with E-state index in [0.717, 1.165) is 35.7 Å². The van der Waals surface area contributed by atoms with Crippen molar-refractivity contribution in [3.05, 3.63) is 107 Å². The van der Waals surface area contributed by atoms with Gasteiger partial charge in [-0.15, -0.1) is 0 Å². The number of aromatic nitrogens is 1. The van der Waals surface area contributed by atoms with E-state index in [1.54, 1.807) is 36.5 Å². The van der Waals surface area contributed by atoms with Crippen LogP contribution in [0.3, 0.4) is 0 Å². The van der Waals surface area contributed by atoms with Crippen molar-refractivity contribution in [1.82, 2.24) is 4.98 Å². The Labute approximate surface area is 169 Å². The number of nitrogens with zero attached hydrogens (tertiary/aromatic N) is 1. The Bertz CT molecular complexity index is 1300. The van der Waals surface area contributed by atoms with Crippen LogP contribution in [0.15, 0.2) is 72.9 Å². The van der Waals surface area contributed by atoms with Gasteiger partial charge in [0.15, 0.2) is 17.4 Å². The zero-order chi connectivity index (χ0) is 21.3. The average Bonchev–Trinajstić information content (AvgIpc) is 2.74. The number of halogens is 3. The molecule has 0 saturated carbocycles. The summed E-state index contributed by atoms with van der Waals surface area (Å²) in [6.07, 6.45) is 1.64. The van der Waals surface area contributed by atoms with E-state index in [0.29, 0.717) is 11.1 Å². The highest BCUT2D eigenvalue weighted by atomic mass is 19.2. The van der Waals surface area contributed by atoms with E-state index in [1.807, 2.05) is 0 Å². The molecule has 0 radical (unpaired) electrons. The van der Waals surface area contributed by atoms with Crippen molar-refractivity contribution in [3.8, 4) is 0 Å². The van der Waals surface area contributed by atoms with Gasteiger partial charge in [0.25, 0.3) is 5.91 Å². The fourth-order valence-corrected chi connectivity index (χ4v) is 3.02. The minimum Gasteiger partial charge on any atom is -0.322 e. The van der Waals surface area contributed by atoms with Crippen LogP contribution in [0.1, 0.15) is 26.3 Å². The molecule has 1 heterocycles. The third-order valence-corrected chi connectivity index (χ3v) is 4.46. The van der Waals surface area contributed by atoms with Crippen LogP contribution in [0, 0.1) is 17.5 Å². The van der Waals surface area contributed by atoms with E-state index >= 15 is 0 Å². The van der Waals surface area contributed by atoms with Gasteiger partial charge in [-0.2, -0.15) is 0 Å². The number of hydrogen-bond acceptors (Lipinski definition) is 3. The smallest absolute Gasteiger partial charge is 0.255 e. The first-order chi connectivity index (χ1) is 14.4. The molecule has 7 heteroatoms. The van der Waals surface area contributed by atoms with Gasteiger partial charge in [-0.1, -0.05) is 6.07 Å². The Morgan fingerprint density at radius 2 is 1.57 bits per heavy atom. The van der Waals surface area contributed by atoms with E-state index in [2.05, 4.69) is 10.3 Å². The molecule has 1 N–H and O–H groups in total. The predicted molar refractivity (Wildman–Crippen MR) is 106 cm³/mol. The number of carbonyl (C=O) groups is 2. The number of rotatable bonds is 4. The second-order valence-electron chi connectivity index (χ2n) is 6.55. The largest absolute Gasteiger partial charge is 0.322 e. The number of pyridine rings is 1. The second-order valence-corrected chi connectivity index (χ2v) is 6.55. The second kappa shape index (κ2) is 7.79. The quantitative estimate of drug-likeness (QED) is 0.478. The molecule has 0 fully saturated rings. The van der Waals surface area contributed by atoms with Crippen LogP contribution in [0.25, 0.3) is 10.9 Å². The first kappa shape index (κ1) is 19.3. The number of hydrogen-bond donors (Lipinski definition) is 1. The molecule has 1 amide bonds. The number of amides is 1.